The highest BCUT2D eigenvalue weighted by molar-refractivity contribution is 7.89. The van der Waals surface area contributed by atoms with E-state index in [1.165, 1.54) is 6.07 Å². The van der Waals surface area contributed by atoms with Crippen LogP contribution in [-0.2, 0) is 16.6 Å². The van der Waals surface area contributed by atoms with Crippen LogP contribution in [0.15, 0.2) is 41.3 Å². The number of sulfonamides is 1. The molecule has 2 rings (SSSR count). The van der Waals surface area contributed by atoms with Gasteiger partial charge in [0.2, 0.25) is 10.0 Å². The molecule has 0 aliphatic heterocycles. The predicted octanol–water partition coefficient (Wildman–Crippen LogP) is 3.32. The molecule has 8 heteroatoms. The molecule has 0 saturated heterocycles. The highest BCUT2D eigenvalue weighted by Gasteiger charge is 2.22. The van der Waals surface area contributed by atoms with Crippen molar-refractivity contribution in [2.24, 2.45) is 0 Å². The molecule has 0 bridgehead atoms. The average molecular weight is 350 g/mol. The van der Waals surface area contributed by atoms with E-state index in [2.05, 4.69) is 4.72 Å². The first-order valence-electron chi connectivity index (χ1n) is 5.73. The van der Waals surface area contributed by atoms with E-state index in [1.54, 1.807) is 18.2 Å². The second-order valence-electron chi connectivity index (χ2n) is 4.13. The molecule has 0 saturated carbocycles. The SMILES string of the molecule is O=S(=O)(NCc1ccccc1O)c1ccc(Cl)c(F)c1Cl. The van der Waals surface area contributed by atoms with Crippen molar-refractivity contribution >= 4 is 33.2 Å². The van der Waals surface area contributed by atoms with Crippen molar-refractivity contribution in [3.8, 4) is 5.75 Å². The Morgan fingerprint density at radius 3 is 2.48 bits per heavy atom. The lowest BCUT2D eigenvalue weighted by Crippen LogP contribution is -2.23. The normalized spacial score (nSPS) is 11.6. The zero-order chi connectivity index (χ0) is 15.6. The standard InChI is InChI=1S/C13H10Cl2FNO3S/c14-9-5-6-11(12(15)13(9)16)21(19,20)17-7-8-3-1-2-4-10(8)18/h1-6,17-18H,7H2. The van der Waals surface area contributed by atoms with E-state index in [9.17, 15) is 17.9 Å². The fraction of sp³-hybridized carbons (Fsp3) is 0.0769. The molecule has 2 aromatic rings. The van der Waals surface area contributed by atoms with Gasteiger partial charge in [0.05, 0.1) is 10.0 Å². The minimum atomic E-state index is -4.04. The van der Waals surface area contributed by atoms with Gasteiger partial charge in [-0.1, -0.05) is 41.4 Å². The second kappa shape index (κ2) is 6.19. The van der Waals surface area contributed by atoms with Crippen molar-refractivity contribution in [2.45, 2.75) is 11.4 Å². The monoisotopic (exact) mass is 349 g/mol. The third kappa shape index (κ3) is 3.47. The summed E-state index contributed by atoms with van der Waals surface area (Å²) in [5.41, 5.74) is 0.381. The quantitative estimate of drug-likeness (QED) is 0.832. The smallest absolute Gasteiger partial charge is 0.242 e. The first-order chi connectivity index (χ1) is 9.83. The van der Waals surface area contributed by atoms with Gasteiger partial charge in [-0.05, 0) is 18.2 Å². The molecule has 112 valence electrons. The number of para-hydroxylation sites is 1. The van der Waals surface area contributed by atoms with E-state index in [-0.39, 0.29) is 17.3 Å². The van der Waals surface area contributed by atoms with Crippen LogP contribution in [0.1, 0.15) is 5.56 Å². The number of hydrogen-bond acceptors (Lipinski definition) is 3. The van der Waals surface area contributed by atoms with Gasteiger partial charge in [0, 0.05) is 12.1 Å². The van der Waals surface area contributed by atoms with Crippen molar-refractivity contribution in [1.82, 2.24) is 4.72 Å². The van der Waals surface area contributed by atoms with E-state index < -0.39 is 25.8 Å². The summed E-state index contributed by atoms with van der Waals surface area (Å²) in [6.45, 7) is -0.157. The van der Waals surface area contributed by atoms with Gasteiger partial charge in [-0.2, -0.15) is 0 Å². The van der Waals surface area contributed by atoms with Crippen LogP contribution in [0, 0.1) is 5.82 Å². The van der Waals surface area contributed by atoms with Crippen molar-refractivity contribution < 1.29 is 17.9 Å². The average Bonchev–Trinajstić information content (AvgIpc) is 2.44. The lowest BCUT2D eigenvalue weighted by Gasteiger charge is -2.10. The van der Waals surface area contributed by atoms with Crippen LogP contribution >= 0.6 is 23.2 Å². The lowest BCUT2D eigenvalue weighted by molar-refractivity contribution is 0.467. The van der Waals surface area contributed by atoms with Gasteiger partial charge in [-0.15, -0.1) is 0 Å². The van der Waals surface area contributed by atoms with Crippen LogP contribution in [0.3, 0.4) is 0 Å². The number of nitrogens with one attached hydrogen (secondary N) is 1. The summed E-state index contributed by atoms with van der Waals surface area (Å²) in [6.07, 6.45) is 0. The first-order valence-corrected chi connectivity index (χ1v) is 7.97. The van der Waals surface area contributed by atoms with Gasteiger partial charge in [-0.25, -0.2) is 17.5 Å². The molecule has 0 aliphatic rings. The maximum Gasteiger partial charge on any atom is 0.242 e. The van der Waals surface area contributed by atoms with Crippen LogP contribution in [0.25, 0.3) is 0 Å². The fourth-order valence-electron chi connectivity index (χ4n) is 1.63. The Hall–Kier alpha value is -1.34. The van der Waals surface area contributed by atoms with Gasteiger partial charge in [-0.3, -0.25) is 0 Å². The number of rotatable bonds is 4. The molecule has 0 aromatic heterocycles. The summed E-state index contributed by atoms with van der Waals surface area (Å²) in [4.78, 5) is -0.415. The molecular formula is C13H10Cl2FNO3S. The molecule has 0 amide bonds. The molecule has 4 nitrogen and oxygen atoms in total. The van der Waals surface area contributed by atoms with Crippen LogP contribution in [-0.4, -0.2) is 13.5 Å². The van der Waals surface area contributed by atoms with Gasteiger partial charge in [0.25, 0.3) is 0 Å². The van der Waals surface area contributed by atoms with Gasteiger partial charge in [0.15, 0.2) is 5.82 Å². The Bertz CT molecular complexity index is 781. The van der Waals surface area contributed by atoms with Crippen LogP contribution in [0.5, 0.6) is 5.75 Å². The maximum atomic E-state index is 13.6. The van der Waals surface area contributed by atoms with Crippen molar-refractivity contribution in [3.63, 3.8) is 0 Å². The van der Waals surface area contributed by atoms with Crippen LogP contribution in [0.4, 0.5) is 4.39 Å². The largest absolute Gasteiger partial charge is 0.508 e. The number of aromatic hydroxyl groups is 1. The summed E-state index contributed by atoms with van der Waals surface area (Å²) >= 11 is 11.2. The molecule has 0 aliphatic carbocycles. The summed E-state index contributed by atoms with van der Waals surface area (Å²) < 4.78 is 40.0. The topological polar surface area (TPSA) is 66.4 Å². The summed E-state index contributed by atoms with van der Waals surface area (Å²) in [7, 11) is -4.04. The molecule has 2 N–H and O–H groups in total. The molecule has 2 aromatic carbocycles. The number of halogens is 3. The van der Waals surface area contributed by atoms with Crippen LogP contribution in [0.2, 0.25) is 10.0 Å². The number of phenolic OH excluding ortho intramolecular Hbond substituents is 1. The minimum Gasteiger partial charge on any atom is -0.508 e. The van der Waals surface area contributed by atoms with E-state index in [0.717, 1.165) is 12.1 Å². The Kier molecular flexibility index (Phi) is 4.73. The van der Waals surface area contributed by atoms with Crippen molar-refractivity contribution in [1.29, 1.82) is 0 Å². The molecule has 0 radical (unpaired) electrons. The molecule has 21 heavy (non-hydrogen) atoms. The Labute approximate surface area is 131 Å². The van der Waals surface area contributed by atoms with Crippen molar-refractivity contribution in [2.75, 3.05) is 0 Å². The number of benzene rings is 2. The predicted molar refractivity (Wildman–Crippen MR) is 78.6 cm³/mol. The Morgan fingerprint density at radius 1 is 1.14 bits per heavy atom. The molecule has 0 atom stereocenters. The van der Waals surface area contributed by atoms with E-state index in [4.69, 9.17) is 23.2 Å². The Morgan fingerprint density at radius 2 is 1.81 bits per heavy atom. The minimum absolute atomic E-state index is 0.0476. The van der Waals surface area contributed by atoms with Gasteiger partial charge < -0.3 is 5.11 Å². The second-order valence-corrected chi connectivity index (χ2v) is 6.65. The number of hydrogen-bond donors (Lipinski definition) is 2. The number of phenols is 1. The molecular weight excluding hydrogens is 340 g/mol. The zero-order valence-corrected chi connectivity index (χ0v) is 12.8. The Balaban J connectivity index is 2.28. The molecule has 0 fully saturated rings. The molecule has 0 unspecified atom stereocenters. The lowest BCUT2D eigenvalue weighted by atomic mass is 10.2. The van der Waals surface area contributed by atoms with Crippen molar-refractivity contribution in [3.05, 3.63) is 57.8 Å². The zero-order valence-electron chi connectivity index (χ0n) is 10.5. The maximum absolute atomic E-state index is 13.6. The van der Waals surface area contributed by atoms with Gasteiger partial charge >= 0.3 is 0 Å². The highest BCUT2D eigenvalue weighted by atomic mass is 35.5. The van der Waals surface area contributed by atoms with E-state index in [0.29, 0.717) is 5.56 Å². The van der Waals surface area contributed by atoms with Crippen LogP contribution < -0.4 is 4.72 Å². The summed E-state index contributed by atoms with van der Waals surface area (Å²) in [5.74, 6) is -1.04. The van der Waals surface area contributed by atoms with E-state index in [1.807, 2.05) is 0 Å². The third-order valence-electron chi connectivity index (χ3n) is 2.73. The highest BCUT2D eigenvalue weighted by Crippen LogP contribution is 2.29. The fourth-order valence-corrected chi connectivity index (χ4v) is 3.38. The van der Waals surface area contributed by atoms with E-state index >= 15 is 0 Å². The van der Waals surface area contributed by atoms with Gasteiger partial charge in [0.1, 0.15) is 10.6 Å². The summed E-state index contributed by atoms with van der Waals surface area (Å²) in [5, 5.41) is 8.73. The first kappa shape index (κ1) is 16.0. The molecule has 0 heterocycles. The summed E-state index contributed by atoms with van der Waals surface area (Å²) in [6, 6.07) is 8.47. The third-order valence-corrected chi connectivity index (χ3v) is 4.95. The molecule has 0 spiro atoms.